The Morgan fingerprint density at radius 1 is 0.651 bits per heavy atom. The highest BCUT2D eigenvalue weighted by molar-refractivity contribution is 5.97. The van der Waals surface area contributed by atoms with Gasteiger partial charge in [-0.2, -0.15) is 0 Å². The molecule has 0 aliphatic rings. The van der Waals surface area contributed by atoms with Gasteiger partial charge in [-0.05, 0) is 105 Å². The summed E-state index contributed by atoms with van der Waals surface area (Å²) in [6.07, 6.45) is 5.09. The summed E-state index contributed by atoms with van der Waals surface area (Å²) in [5, 5.41) is 6.50. The van der Waals surface area contributed by atoms with E-state index >= 15 is 0 Å². The van der Waals surface area contributed by atoms with Crippen molar-refractivity contribution >= 4 is 27.8 Å². The Morgan fingerprint density at radius 2 is 1.26 bits per heavy atom. The molecule has 0 aliphatic heterocycles. The van der Waals surface area contributed by atoms with Crippen molar-refractivity contribution in [3.8, 4) is 0 Å². The van der Waals surface area contributed by atoms with Crippen molar-refractivity contribution in [2.75, 3.05) is 47.8 Å². The maximum Gasteiger partial charge on any atom is 0.0420 e. The highest BCUT2D eigenvalue weighted by atomic mass is 15.1. The molecule has 0 saturated carbocycles. The number of hydrogen-bond donors (Lipinski definition) is 1. The minimum absolute atomic E-state index is 0.142. The predicted octanol–water partition coefficient (Wildman–Crippen LogP) is 10.6. The number of fused-ring (bicyclic) bond motifs is 1. The van der Waals surface area contributed by atoms with Gasteiger partial charge in [-0.25, -0.2) is 0 Å². The van der Waals surface area contributed by atoms with Gasteiger partial charge < -0.3 is 15.1 Å². The molecule has 1 N–H and O–H groups in total. The molecular weight excluding hydrogens is 522 g/mol. The van der Waals surface area contributed by atoms with Gasteiger partial charge in [0.2, 0.25) is 0 Å². The highest BCUT2D eigenvalue weighted by Gasteiger charge is 2.23. The first-order chi connectivity index (χ1) is 21.0. The van der Waals surface area contributed by atoms with Crippen molar-refractivity contribution in [2.45, 2.75) is 80.1 Å². The minimum atomic E-state index is 0.142. The van der Waals surface area contributed by atoms with E-state index in [-0.39, 0.29) is 5.92 Å². The van der Waals surface area contributed by atoms with Gasteiger partial charge >= 0.3 is 0 Å². The maximum atomic E-state index is 3.86. The smallest absolute Gasteiger partial charge is 0.0420 e. The lowest BCUT2D eigenvalue weighted by molar-refractivity contribution is 0.473. The Morgan fingerprint density at radius 3 is 1.86 bits per heavy atom. The molecule has 0 saturated heterocycles. The lowest BCUT2D eigenvalue weighted by Gasteiger charge is -2.27. The van der Waals surface area contributed by atoms with Crippen molar-refractivity contribution in [2.24, 2.45) is 5.92 Å². The molecule has 2 atom stereocenters. The molecule has 0 spiro atoms. The average Bonchev–Trinajstić information content (AvgIpc) is 3.04. The van der Waals surface area contributed by atoms with Gasteiger partial charge in [0, 0.05) is 61.1 Å². The van der Waals surface area contributed by atoms with Gasteiger partial charge in [0.05, 0.1) is 0 Å². The monoisotopic (exact) mass is 577 g/mol. The molecule has 0 aliphatic carbocycles. The molecule has 4 aromatic carbocycles. The summed E-state index contributed by atoms with van der Waals surface area (Å²) in [5.74, 6) is 0.853. The number of benzene rings is 4. The van der Waals surface area contributed by atoms with Crippen LogP contribution in [0, 0.1) is 12.8 Å². The number of aryl methyl sites for hydroxylation is 1. The zero-order valence-electron chi connectivity index (χ0n) is 27.9. The van der Waals surface area contributed by atoms with Crippen molar-refractivity contribution in [3.05, 3.63) is 101 Å². The Bertz CT molecular complexity index is 1420. The van der Waals surface area contributed by atoms with E-state index < -0.39 is 0 Å². The van der Waals surface area contributed by atoms with Crippen molar-refractivity contribution in [1.29, 1.82) is 0 Å². The predicted molar refractivity (Wildman–Crippen MR) is 191 cm³/mol. The molecule has 0 aromatic heterocycles. The largest absolute Gasteiger partial charge is 0.384 e. The lowest BCUT2D eigenvalue weighted by atomic mass is 9.80. The second-order valence-electron chi connectivity index (χ2n) is 12.0. The molecule has 230 valence electrons. The normalized spacial score (nSPS) is 12.7. The zero-order chi connectivity index (χ0) is 30.8. The number of nitrogens with zero attached hydrogens (tertiary/aromatic N) is 2. The molecule has 2 unspecified atom stereocenters. The van der Waals surface area contributed by atoms with Crippen LogP contribution in [0.4, 0.5) is 17.1 Å². The van der Waals surface area contributed by atoms with Crippen LogP contribution in [-0.2, 0) is 0 Å². The summed E-state index contributed by atoms with van der Waals surface area (Å²) in [6, 6.07) is 30.2. The van der Waals surface area contributed by atoms with Crippen LogP contribution in [0.1, 0.15) is 95.4 Å². The van der Waals surface area contributed by atoms with E-state index in [1.165, 1.54) is 75.8 Å². The average molecular weight is 578 g/mol. The number of anilines is 3. The third-order valence-corrected chi connectivity index (χ3v) is 9.44. The van der Waals surface area contributed by atoms with Crippen LogP contribution >= 0.6 is 0 Å². The number of hydrogen-bond acceptors (Lipinski definition) is 3. The summed E-state index contributed by atoms with van der Waals surface area (Å²) in [6.45, 7) is 20.9. The topological polar surface area (TPSA) is 18.5 Å². The first kappa shape index (κ1) is 32.5. The Labute approximate surface area is 262 Å². The summed E-state index contributed by atoms with van der Waals surface area (Å²) >= 11 is 0. The molecule has 3 nitrogen and oxygen atoms in total. The van der Waals surface area contributed by atoms with Gasteiger partial charge in [0.25, 0.3) is 0 Å². The van der Waals surface area contributed by atoms with E-state index in [1.54, 1.807) is 0 Å². The standard InChI is InChI=1S/C40H55N3/c1-8-14-17-31(9-2)29-41-39-27-26-38(36-18-15-16-19-37(36)39)40(32-20-22-33(23-21-32)42(10-3)11-4)35-25-24-34(28-30(35)7)43(12-5)13-6/h15-16,18-28,31,40-41H,8-14,17,29H2,1-7H3. The molecule has 4 rings (SSSR count). The van der Waals surface area contributed by atoms with E-state index in [9.17, 15) is 0 Å². The third kappa shape index (κ3) is 7.55. The molecular formula is C40H55N3. The molecule has 0 fully saturated rings. The third-order valence-electron chi connectivity index (χ3n) is 9.44. The van der Waals surface area contributed by atoms with E-state index in [1.807, 2.05) is 0 Å². The molecule has 0 heterocycles. The molecule has 0 bridgehead atoms. The Kier molecular flexibility index (Phi) is 12.0. The molecule has 4 aromatic rings. The molecule has 0 amide bonds. The fourth-order valence-electron chi connectivity index (χ4n) is 6.69. The first-order valence-corrected chi connectivity index (χ1v) is 16.9. The van der Waals surface area contributed by atoms with Crippen molar-refractivity contribution in [1.82, 2.24) is 0 Å². The first-order valence-electron chi connectivity index (χ1n) is 16.9. The molecule has 43 heavy (non-hydrogen) atoms. The fourth-order valence-corrected chi connectivity index (χ4v) is 6.69. The fraction of sp³-hybridized carbons (Fsp3) is 0.450. The minimum Gasteiger partial charge on any atom is -0.384 e. The van der Waals surface area contributed by atoms with Crippen molar-refractivity contribution in [3.63, 3.8) is 0 Å². The summed E-state index contributed by atoms with van der Waals surface area (Å²) in [5.41, 5.74) is 9.27. The van der Waals surface area contributed by atoms with Gasteiger partial charge in [-0.1, -0.05) is 81.6 Å². The lowest BCUT2D eigenvalue weighted by Crippen LogP contribution is -2.22. The van der Waals surface area contributed by atoms with Crippen LogP contribution in [0.15, 0.2) is 78.9 Å². The van der Waals surface area contributed by atoms with Crippen LogP contribution in [0.5, 0.6) is 0 Å². The van der Waals surface area contributed by atoms with Crippen LogP contribution in [0.2, 0.25) is 0 Å². The Hall–Kier alpha value is -3.46. The van der Waals surface area contributed by atoms with E-state index in [0.29, 0.717) is 5.92 Å². The highest BCUT2D eigenvalue weighted by Crippen LogP contribution is 2.41. The van der Waals surface area contributed by atoms with Gasteiger partial charge in [0.15, 0.2) is 0 Å². The zero-order valence-corrected chi connectivity index (χ0v) is 27.9. The SMILES string of the molecule is CCCCC(CC)CNc1ccc(C(c2ccc(N(CC)CC)cc2)c2ccc(N(CC)CC)cc2C)c2ccccc12. The van der Waals surface area contributed by atoms with E-state index in [4.69, 9.17) is 0 Å². The second kappa shape index (κ2) is 15.8. The van der Waals surface area contributed by atoms with E-state index in [0.717, 1.165) is 32.7 Å². The number of unbranched alkanes of at least 4 members (excludes halogenated alkanes) is 1. The van der Waals surface area contributed by atoms with Gasteiger partial charge in [-0.15, -0.1) is 0 Å². The van der Waals surface area contributed by atoms with E-state index in [2.05, 4.69) is 142 Å². The van der Waals surface area contributed by atoms with Crippen LogP contribution in [0.3, 0.4) is 0 Å². The number of nitrogens with one attached hydrogen (secondary N) is 1. The quantitative estimate of drug-likeness (QED) is 0.134. The Balaban J connectivity index is 1.82. The second-order valence-corrected chi connectivity index (χ2v) is 12.0. The maximum absolute atomic E-state index is 3.86. The van der Waals surface area contributed by atoms with Crippen LogP contribution < -0.4 is 15.1 Å². The molecule has 3 heteroatoms. The van der Waals surface area contributed by atoms with Crippen LogP contribution in [-0.4, -0.2) is 32.7 Å². The van der Waals surface area contributed by atoms with Gasteiger partial charge in [-0.3, -0.25) is 0 Å². The van der Waals surface area contributed by atoms with Gasteiger partial charge in [0.1, 0.15) is 0 Å². The van der Waals surface area contributed by atoms with Crippen molar-refractivity contribution < 1.29 is 0 Å². The molecule has 0 radical (unpaired) electrons. The number of rotatable bonds is 16. The summed E-state index contributed by atoms with van der Waals surface area (Å²) < 4.78 is 0. The summed E-state index contributed by atoms with van der Waals surface area (Å²) in [4.78, 5) is 4.85. The van der Waals surface area contributed by atoms with Crippen LogP contribution in [0.25, 0.3) is 10.8 Å². The summed E-state index contributed by atoms with van der Waals surface area (Å²) in [7, 11) is 0.